The Morgan fingerprint density at radius 2 is 1.80 bits per heavy atom. The summed E-state index contributed by atoms with van der Waals surface area (Å²) < 4.78 is 0. The van der Waals surface area contributed by atoms with Crippen molar-refractivity contribution in [3.63, 3.8) is 0 Å². The molecule has 104 valence electrons. The maximum atomic E-state index is 2.40. The van der Waals surface area contributed by atoms with Gasteiger partial charge in [0.25, 0.3) is 0 Å². The van der Waals surface area contributed by atoms with Crippen LogP contribution in [0.25, 0.3) is 11.1 Å². The lowest BCUT2D eigenvalue weighted by Gasteiger charge is -2.14. The number of fused-ring (bicyclic) bond motifs is 3. The molecular formula is C20H24. The molecule has 1 aliphatic rings. The minimum atomic E-state index is 0.796. The molecule has 3 rings (SSSR count). The fraction of sp³-hybridized carbons (Fsp3) is 0.400. The summed E-state index contributed by atoms with van der Waals surface area (Å²) >= 11 is 0. The smallest absolute Gasteiger partial charge is 0.00107 e. The molecule has 0 aromatic heterocycles. The summed E-state index contributed by atoms with van der Waals surface area (Å²) in [6, 6.07) is 15.7. The SMILES string of the molecule is CCCCC(C)Cc1cccc2c1Cc1ccccc1-2. The fourth-order valence-corrected chi connectivity index (χ4v) is 3.44. The second kappa shape index (κ2) is 5.83. The molecule has 2 aromatic rings. The highest BCUT2D eigenvalue weighted by Crippen LogP contribution is 2.38. The van der Waals surface area contributed by atoms with Crippen molar-refractivity contribution in [3.8, 4) is 11.1 Å². The van der Waals surface area contributed by atoms with Crippen LogP contribution in [0.2, 0.25) is 0 Å². The number of benzene rings is 2. The Labute approximate surface area is 122 Å². The first-order chi connectivity index (χ1) is 9.79. The van der Waals surface area contributed by atoms with Gasteiger partial charge in [-0.15, -0.1) is 0 Å². The lowest BCUT2D eigenvalue weighted by molar-refractivity contribution is 0.502. The van der Waals surface area contributed by atoms with Crippen molar-refractivity contribution < 1.29 is 0 Å². The van der Waals surface area contributed by atoms with Gasteiger partial charge in [0.05, 0.1) is 0 Å². The van der Waals surface area contributed by atoms with Gasteiger partial charge < -0.3 is 0 Å². The van der Waals surface area contributed by atoms with Crippen molar-refractivity contribution in [1.82, 2.24) is 0 Å². The van der Waals surface area contributed by atoms with Gasteiger partial charge in [-0.1, -0.05) is 75.6 Å². The highest BCUT2D eigenvalue weighted by Gasteiger charge is 2.20. The molecular weight excluding hydrogens is 240 g/mol. The molecule has 0 saturated carbocycles. The molecule has 0 heteroatoms. The maximum Gasteiger partial charge on any atom is -0.00107 e. The first kappa shape index (κ1) is 13.4. The van der Waals surface area contributed by atoms with Crippen LogP contribution in [0.1, 0.15) is 49.8 Å². The van der Waals surface area contributed by atoms with Crippen LogP contribution in [0.5, 0.6) is 0 Å². The van der Waals surface area contributed by atoms with Crippen LogP contribution in [0.4, 0.5) is 0 Å². The van der Waals surface area contributed by atoms with Crippen molar-refractivity contribution in [2.24, 2.45) is 5.92 Å². The van der Waals surface area contributed by atoms with E-state index in [2.05, 4.69) is 56.3 Å². The van der Waals surface area contributed by atoms with Crippen molar-refractivity contribution in [1.29, 1.82) is 0 Å². The number of hydrogen-bond acceptors (Lipinski definition) is 0. The van der Waals surface area contributed by atoms with Crippen LogP contribution >= 0.6 is 0 Å². The summed E-state index contributed by atoms with van der Waals surface area (Å²) in [5, 5.41) is 0. The van der Waals surface area contributed by atoms with Gasteiger partial charge in [0.15, 0.2) is 0 Å². The lowest BCUT2D eigenvalue weighted by Crippen LogP contribution is -2.02. The maximum absolute atomic E-state index is 2.40. The Kier molecular flexibility index (Phi) is 3.91. The van der Waals surface area contributed by atoms with Crippen LogP contribution in [0.15, 0.2) is 42.5 Å². The molecule has 0 radical (unpaired) electrons. The third-order valence-corrected chi connectivity index (χ3v) is 4.57. The minimum absolute atomic E-state index is 0.796. The van der Waals surface area contributed by atoms with E-state index in [1.807, 2.05) is 0 Å². The summed E-state index contributed by atoms with van der Waals surface area (Å²) in [4.78, 5) is 0. The molecule has 0 aliphatic heterocycles. The van der Waals surface area contributed by atoms with E-state index < -0.39 is 0 Å². The molecule has 0 heterocycles. The first-order valence-corrected chi connectivity index (χ1v) is 7.98. The average molecular weight is 264 g/mol. The number of hydrogen-bond donors (Lipinski definition) is 0. The third-order valence-electron chi connectivity index (χ3n) is 4.57. The van der Waals surface area contributed by atoms with Crippen molar-refractivity contribution >= 4 is 0 Å². The Hall–Kier alpha value is -1.56. The Morgan fingerprint density at radius 3 is 2.65 bits per heavy atom. The quantitative estimate of drug-likeness (QED) is 0.560. The van der Waals surface area contributed by atoms with Crippen molar-refractivity contribution in [3.05, 3.63) is 59.2 Å². The zero-order valence-electron chi connectivity index (χ0n) is 12.7. The van der Waals surface area contributed by atoms with Gasteiger partial charge in [-0.3, -0.25) is 0 Å². The number of unbranched alkanes of at least 4 members (excludes halogenated alkanes) is 1. The van der Waals surface area contributed by atoms with E-state index in [9.17, 15) is 0 Å². The van der Waals surface area contributed by atoms with E-state index >= 15 is 0 Å². The molecule has 20 heavy (non-hydrogen) atoms. The summed E-state index contributed by atoms with van der Waals surface area (Å²) in [5.41, 5.74) is 7.57. The average Bonchev–Trinajstić information content (AvgIpc) is 2.85. The predicted octanol–water partition coefficient (Wildman–Crippen LogP) is 5.63. The fourth-order valence-electron chi connectivity index (χ4n) is 3.44. The molecule has 0 fully saturated rings. The predicted molar refractivity (Wildman–Crippen MR) is 87.1 cm³/mol. The summed E-state index contributed by atoms with van der Waals surface area (Å²) in [7, 11) is 0. The van der Waals surface area contributed by atoms with E-state index in [1.54, 1.807) is 11.1 Å². The van der Waals surface area contributed by atoms with Crippen molar-refractivity contribution in [2.75, 3.05) is 0 Å². The molecule has 1 aliphatic carbocycles. The van der Waals surface area contributed by atoms with Crippen molar-refractivity contribution in [2.45, 2.75) is 46.0 Å². The van der Waals surface area contributed by atoms with Gasteiger partial charge in [-0.25, -0.2) is 0 Å². The van der Waals surface area contributed by atoms with E-state index in [0.717, 1.165) is 12.3 Å². The highest BCUT2D eigenvalue weighted by molar-refractivity contribution is 5.77. The lowest BCUT2D eigenvalue weighted by atomic mass is 9.91. The monoisotopic (exact) mass is 264 g/mol. The Balaban J connectivity index is 1.86. The van der Waals surface area contributed by atoms with Gasteiger partial charge in [0, 0.05) is 0 Å². The second-order valence-corrected chi connectivity index (χ2v) is 6.23. The third kappa shape index (κ3) is 2.52. The normalized spacial score (nSPS) is 13.9. The van der Waals surface area contributed by atoms with E-state index in [-0.39, 0.29) is 0 Å². The molecule has 0 nitrogen and oxygen atoms in total. The van der Waals surface area contributed by atoms with Crippen LogP contribution in [0.3, 0.4) is 0 Å². The summed E-state index contributed by atoms with van der Waals surface area (Å²) in [5.74, 6) is 0.796. The molecule has 0 saturated heterocycles. The summed E-state index contributed by atoms with van der Waals surface area (Å²) in [6.45, 7) is 4.68. The van der Waals surface area contributed by atoms with E-state index in [1.165, 1.54) is 42.4 Å². The Bertz CT molecular complexity index is 595. The van der Waals surface area contributed by atoms with Crippen LogP contribution in [0, 0.1) is 5.92 Å². The topological polar surface area (TPSA) is 0 Å². The molecule has 2 aromatic carbocycles. The zero-order chi connectivity index (χ0) is 13.9. The van der Waals surface area contributed by atoms with Crippen LogP contribution in [-0.4, -0.2) is 0 Å². The van der Waals surface area contributed by atoms with Gasteiger partial charge in [-0.05, 0) is 46.6 Å². The molecule has 0 amide bonds. The molecule has 0 bridgehead atoms. The largest absolute Gasteiger partial charge is 0.0654 e. The zero-order valence-corrected chi connectivity index (χ0v) is 12.7. The van der Waals surface area contributed by atoms with Crippen LogP contribution in [-0.2, 0) is 12.8 Å². The standard InChI is InChI=1S/C20H24/c1-3-4-8-15(2)13-16-10-7-12-19-18-11-6-5-9-17(18)14-20(16)19/h5-7,9-12,15H,3-4,8,13-14H2,1-2H3. The molecule has 1 atom stereocenters. The number of rotatable bonds is 5. The molecule has 0 spiro atoms. The first-order valence-electron chi connectivity index (χ1n) is 7.98. The minimum Gasteiger partial charge on any atom is -0.0654 e. The van der Waals surface area contributed by atoms with Crippen LogP contribution < -0.4 is 0 Å². The van der Waals surface area contributed by atoms with E-state index in [4.69, 9.17) is 0 Å². The Morgan fingerprint density at radius 1 is 1.00 bits per heavy atom. The second-order valence-electron chi connectivity index (χ2n) is 6.23. The molecule has 1 unspecified atom stereocenters. The summed E-state index contributed by atoms with van der Waals surface area (Å²) in [6.07, 6.45) is 6.38. The highest BCUT2D eigenvalue weighted by atomic mass is 14.2. The van der Waals surface area contributed by atoms with Gasteiger partial charge in [-0.2, -0.15) is 0 Å². The molecule has 0 N–H and O–H groups in total. The van der Waals surface area contributed by atoms with Gasteiger partial charge >= 0.3 is 0 Å². The van der Waals surface area contributed by atoms with Gasteiger partial charge in [0.2, 0.25) is 0 Å². The van der Waals surface area contributed by atoms with E-state index in [0.29, 0.717) is 0 Å². The van der Waals surface area contributed by atoms with Gasteiger partial charge in [0.1, 0.15) is 0 Å².